The molecule has 2 aliphatic carbocycles. The Hall–Kier alpha value is -1.56. The summed E-state index contributed by atoms with van der Waals surface area (Å²) in [6.45, 7) is 0.264. The lowest BCUT2D eigenvalue weighted by molar-refractivity contribution is -0.137. The van der Waals surface area contributed by atoms with Crippen molar-refractivity contribution in [1.82, 2.24) is 5.32 Å². The van der Waals surface area contributed by atoms with Gasteiger partial charge in [0.2, 0.25) is 5.91 Å². The first-order chi connectivity index (χ1) is 11.4. The standard InChI is InChI=1S/C18H22F3NO2/c19-18(20,21)13-7-5-11(6-8-13)14-9-15(14)17(24)22-10-16(23)12-3-1-2-4-12/h5-8,12,14-16,23H,1-4,9-10H2,(H,22,24). The van der Waals surface area contributed by atoms with Crippen LogP contribution in [0.5, 0.6) is 0 Å². The van der Waals surface area contributed by atoms with E-state index in [1.54, 1.807) is 0 Å². The predicted molar refractivity (Wildman–Crippen MR) is 83.3 cm³/mol. The fraction of sp³-hybridized carbons (Fsp3) is 0.611. The van der Waals surface area contributed by atoms with E-state index in [4.69, 9.17) is 0 Å². The van der Waals surface area contributed by atoms with Crippen molar-refractivity contribution in [3.05, 3.63) is 35.4 Å². The van der Waals surface area contributed by atoms with Gasteiger partial charge in [-0.2, -0.15) is 13.2 Å². The Morgan fingerprint density at radius 2 is 1.83 bits per heavy atom. The first-order valence-electron chi connectivity index (χ1n) is 8.49. The molecular weight excluding hydrogens is 319 g/mol. The molecule has 0 aromatic heterocycles. The summed E-state index contributed by atoms with van der Waals surface area (Å²) in [6, 6.07) is 5.03. The van der Waals surface area contributed by atoms with Crippen molar-refractivity contribution < 1.29 is 23.1 Å². The monoisotopic (exact) mass is 341 g/mol. The van der Waals surface area contributed by atoms with E-state index < -0.39 is 17.8 Å². The Bertz CT molecular complexity index is 579. The fourth-order valence-corrected chi connectivity index (χ4v) is 3.62. The van der Waals surface area contributed by atoms with E-state index in [0.717, 1.165) is 43.4 Å². The second-order valence-corrected chi connectivity index (χ2v) is 6.93. The molecule has 3 rings (SSSR count). The lowest BCUT2D eigenvalue weighted by Gasteiger charge is -2.18. The zero-order valence-corrected chi connectivity index (χ0v) is 13.4. The minimum Gasteiger partial charge on any atom is -0.391 e. The van der Waals surface area contributed by atoms with E-state index in [2.05, 4.69) is 5.32 Å². The molecule has 24 heavy (non-hydrogen) atoms. The van der Waals surface area contributed by atoms with Gasteiger partial charge in [0.15, 0.2) is 0 Å². The number of hydrogen-bond donors (Lipinski definition) is 2. The maximum atomic E-state index is 12.6. The molecule has 0 bridgehead atoms. The molecule has 1 amide bonds. The summed E-state index contributed by atoms with van der Waals surface area (Å²) >= 11 is 0. The lowest BCUT2D eigenvalue weighted by Crippen LogP contribution is -2.36. The molecule has 2 aliphatic rings. The summed E-state index contributed by atoms with van der Waals surface area (Å²) in [5.74, 6) is -0.0550. The largest absolute Gasteiger partial charge is 0.416 e. The van der Waals surface area contributed by atoms with Crippen molar-refractivity contribution in [2.75, 3.05) is 6.54 Å². The fourth-order valence-electron chi connectivity index (χ4n) is 3.62. The smallest absolute Gasteiger partial charge is 0.391 e. The molecule has 1 aromatic rings. The second kappa shape index (κ2) is 6.75. The molecule has 3 nitrogen and oxygen atoms in total. The number of halogens is 3. The van der Waals surface area contributed by atoms with Crippen molar-refractivity contribution in [3.63, 3.8) is 0 Å². The second-order valence-electron chi connectivity index (χ2n) is 6.93. The highest BCUT2D eigenvalue weighted by atomic mass is 19.4. The summed E-state index contributed by atoms with van der Waals surface area (Å²) in [5, 5.41) is 12.9. The predicted octanol–water partition coefficient (Wildman–Crippen LogP) is 3.48. The number of hydrogen-bond acceptors (Lipinski definition) is 2. The van der Waals surface area contributed by atoms with Gasteiger partial charge in [0.1, 0.15) is 0 Å². The Labute approximate surface area is 139 Å². The maximum absolute atomic E-state index is 12.6. The number of aliphatic hydroxyl groups excluding tert-OH is 1. The molecule has 0 aliphatic heterocycles. The third-order valence-electron chi connectivity index (χ3n) is 5.22. The van der Waals surface area contributed by atoms with Gasteiger partial charge in [0, 0.05) is 12.5 Å². The summed E-state index contributed by atoms with van der Waals surface area (Å²) in [5.41, 5.74) is 0.0899. The lowest BCUT2D eigenvalue weighted by atomic mass is 10.0. The maximum Gasteiger partial charge on any atom is 0.416 e. The Morgan fingerprint density at radius 3 is 2.42 bits per heavy atom. The van der Waals surface area contributed by atoms with Gasteiger partial charge in [-0.05, 0) is 48.8 Å². The number of carbonyl (C=O) groups is 1. The molecule has 6 heteroatoms. The number of amides is 1. The average molecular weight is 341 g/mol. The number of alkyl halides is 3. The van der Waals surface area contributed by atoms with E-state index in [0.29, 0.717) is 6.42 Å². The van der Waals surface area contributed by atoms with Gasteiger partial charge in [-0.15, -0.1) is 0 Å². The first kappa shape index (κ1) is 17.3. The van der Waals surface area contributed by atoms with E-state index in [-0.39, 0.29) is 30.2 Å². The molecule has 0 spiro atoms. The van der Waals surface area contributed by atoms with Gasteiger partial charge in [0.25, 0.3) is 0 Å². The zero-order valence-electron chi connectivity index (χ0n) is 13.4. The molecule has 0 saturated heterocycles. The number of nitrogens with one attached hydrogen (secondary N) is 1. The minimum absolute atomic E-state index is 0.0177. The van der Waals surface area contributed by atoms with Gasteiger partial charge in [0.05, 0.1) is 11.7 Å². The summed E-state index contributed by atoms with van der Waals surface area (Å²) in [6.07, 6.45) is 0.0948. The molecule has 132 valence electrons. The summed E-state index contributed by atoms with van der Waals surface area (Å²) < 4.78 is 37.7. The zero-order chi connectivity index (χ0) is 17.3. The van der Waals surface area contributed by atoms with Gasteiger partial charge >= 0.3 is 6.18 Å². The van der Waals surface area contributed by atoms with Crippen LogP contribution in [-0.4, -0.2) is 23.7 Å². The van der Waals surface area contributed by atoms with Crippen LogP contribution in [0.15, 0.2) is 24.3 Å². The van der Waals surface area contributed by atoms with Crippen LogP contribution < -0.4 is 5.32 Å². The van der Waals surface area contributed by atoms with Crippen LogP contribution in [-0.2, 0) is 11.0 Å². The molecule has 3 unspecified atom stereocenters. The van der Waals surface area contributed by atoms with Crippen molar-refractivity contribution >= 4 is 5.91 Å². The van der Waals surface area contributed by atoms with E-state index in [1.165, 1.54) is 12.1 Å². The first-order valence-corrected chi connectivity index (χ1v) is 8.49. The van der Waals surface area contributed by atoms with Crippen LogP contribution >= 0.6 is 0 Å². The molecule has 0 radical (unpaired) electrons. The Kier molecular flexibility index (Phi) is 4.85. The molecular formula is C18H22F3NO2. The Morgan fingerprint density at radius 1 is 1.21 bits per heavy atom. The molecule has 0 heterocycles. The van der Waals surface area contributed by atoms with Gasteiger partial charge in [-0.25, -0.2) is 0 Å². The van der Waals surface area contributed by atoms with Gasteiger partial charge in [-0.3, -0.25) is 4.79 Å². The van der Waals surface area contributed by atoms with E-state index in [1.807, 2.05) is 0 Å². The summed E-state index contributed by atoms with van der Waals surface area (Å²) in [7, 11) is 0. The molecule has 2 fully saturated rings. The highest BCUT2D eigenvalue weighted by Crippen LogP contribution is 2.48. The quantitative estimate of drug-likeness (QED) is 0.861. The van der Waals surface area contributed by atoms with Crippen molar-refractivity contribution in [2.24, 2.45) is 11.8 Å². The molecule has 1 aromatic carbocycles. The van der Waals surface area contributed by atoms with Crippen molar-refractivity contribution in [3.8, 4) is 0 Å². The van der Waals surface area contributed by atoms with E-state index in [9.17, 15) is 23.1 Å². The SMILES string of the molecule is O=C(NCC(O)C1CCCC1)C1CC1c1ccc(C(F)(F)F)cc1. The van der Waals surface area contributed by atoms with Crippen LogP contribution in [0.3, 0.4) is 0 Å². The topological polar surface area (TPSA) is 49.3 Å². The van der Waals surface area contributed by atoms with Crippen LogP contribution in [0.1, 0.15) is 49.1 Å². The minimum atomic E-state index is -4.34. The number of aliphatic hydroxyl groups is 1. The third kappa shape index (κ3) is 3.91. The average Bonchev–Trinajstić information content (AvgIpc) is 3.16. The van der Waals surface area contributed by atoms with Gasteiger partial charge < -0.3 is 10.4 Å². The number of carbonyl (C=O) groups excluding carboxylic acids is 1. The van der Waals surface area contributed by atoms with Crippen LogP contribution in [0.4, 0.5) is 13.2 Å². The summed E-state index contributed by atoms with van der Waals surface area (Å²) in [4.78, 5) is 12.1. The van der Waals surface area contributed by atoms with Crippen LogP contribution in [0.2, 0.25) is 0 Å². The normalized spacial score (nSPS) is 25.5. The van der Waals surface area contributed by atoms with Crippen LogP contribution in [0.25, 0.3) is 0 Å². The van der Waals surface area contributed by atoms with Crippen LogP contribution in [0, 0.1) is 11.8 Å². The molecule has 3 atom stereocenters. The third-order valence-corrected chi connectivity index (χ3v) is 5.22. The number of rotatable bonds is 5. The Balaban J connectivity index is 1.48. The number of benzene rings is 1. The molecule has 2 saturated carbocycles. The van der Waals surface area contributed by atoms with Crippen molar-refractivity contribution in [1.29, 1.82) is 0 Å². The molecule has 2 N–H and O–H groups in total. The highest BCUT2D eigenvalue weighted by molar-refractivity contribution is 5.82. The van der Waals surface area contributed by atoms with Crippen molar-refractivity contribution in [2.45, 2.75) is 50.3 Å². The van der Waals surface area contributed by atoms with Gasteiger partial charge in [-0.1, -0.05) is 25.0 Å². The van der Waals surface area contributed by atoms with E-state index >= 15 is 0 Å². The highest BCUT2D eigenvalue weighted by Gasteiger charge is 2.44.